The van der Waals surface area contributed by atoms with E-state index in [4.69, 9.17) is 0 Å². The molecule has 0 radical (unpaired) electrons. The first-order chi connectivity index (χ1) is 11.4. The molecule has 1 aromatic rings. The molecule has 3 unspecified atom stereocenters. The Morgan fingerprint density at radius 3 is 2.38 bits per heavy atom. The number of hydrogen-bond donors (Lipinski definition) is 2. The summed E-state index contributed by atoms with van der Waals surface area (Å²) in [5.41, 5.74) is 0.495. The Hall–Kier alpha value is -1.98. The SMILES string of the molecule is CC1CCCCC1C(=O)NC(Cc1ccc(C(F)F)cc1)C(=O)O. The van der Waals surface area contributed by atoms with E-state index in [0.29, 0.717) is 5.56 Å². The Labute approximate surface area is 140 Å². The molecule has 1 aliphatic rings. The number of benzene rings is 1. The van der Waals surface area contributed by atoms with Crippen molar-refractivity contribution in [3.8, 4) is 0 Å². The average molecular weight is 339 g/mol. The molecule has 132 valence electrons. The maximum atomic E-state index is 12.6. The third kappa shape index (κ3) is 4.76. The summed E-state index contributed by atoms with van der Waals surface area (Å²) >= 11 is 0. The summed E-state index contributed by atoms with van der Waals surface area (Å²) in [6.07, 6.45) is 1.36. The standard InChI is InChI=1S/C18H23F2NO3/c1-11-4-2-3-5-14(11)17(22)21-15(18(23)24)10-12-6-8-13(9-7-12)16(19)20/h6-9,11,14-16H,2-5,10H2,1H3,(H,21,22)(H,23,24). The minimum absolute atomic E-state index is 0.0751. The second-order valence-corrected chi connectivity index (χ2v) is 6.51. The van der Waals surface area contributed by atoms with Crippen LogP contribution in [0.4, 0.5) is 8.78 Å². The van der Waals surface area contributed by atoms with E-state index in [0.717, 1.165) is 25.7 Å². The molecule has 4 nitrogen and oxygen atoms in total. The van der Waals surface area contributed by atoms with E-state index in [1.807, 2.05) is 6.92 Å². The van der Waals surface area contributed by atoms with Crippen LogP contribution in [-0.2, 0) is 16.0 Å². The van der Waals surface area contributed by atoms with Crippen LogP contribution in [-0.4, -0.2) is 23.0 Å². The predicted octanol–water partition coefficient (Wildman–Crippen LogP) is 3.56. The van der Waals surface area contributed by atoms with E-state index in [1.54, 1.807) is 0 Å². The molecular weight excluding hydrogens is 316 g/mol. The molecule has 3 atom stereocenters. The van der Waals surface area contributed by atoms with E-state index in [9.17, 15) is 23.5 Å². The largest absolute Gasteiger partial charge is 0.480 e. The van der Waals surface area contributed by atoms with Gasteiger partial charge in [-0.3, -0.25) is 4.79 Å². The summed E-state index contributed by atoms with van der Waals surface area (Å²) < 4.78 is 25.1. The highest BCUT2D eigenvalue weighted by molar-refractivity contribution is 5.85. The zero-order valence-corrected chi connectivity index (χ0v) is 13.7. The zero-order valence-electron chi connectivity index (χ0n) is 13.7. The van der Waals surface area contributed by atoms with Crippen LogP contribution in [0.5, 0.6) is 0 Å². The third-order valence-corrected chi connectivity index (χ3v) is 4.73. The fraction of sp³-hybridized carbons (Fsp3) is 0.556. The number of halogens is 2. The van der Waals surface area contributed by atoms with Crippen LogP contribution in [0.2, 0.25) is 0 Å². The van der Waals surface area contributed by atoms with Crippen molar-refractivity contribution in [3.05, 3.63) is 35.4 Å². The first-order valence-corrected chi connectivity index (χ1v) is 8.28. The van der Waals surface area contributed by atoms with Crippen LogP contribution in [0.25, 0.3) is 0 Å². The highest BCUT2D eigenvalue weighted by Gasteiger charge is 2.30. The second kappa shape index (κ2) is 8.22. The molecule has 0 heterocycles. The number of amides is 1. The summed E-state index contributed by atoms with van der Waals surface area (Å²) in [6.45, 7) is 2.02. The number of hydrogen-bond acceptors (Lipinski definition) is 2. The van der Waals surface area contributed by atoms with Crippen molar-refractivity contribution in [2.24, 2.45) is 11.8 Å². The van der Waals surface area contributed by atoms with Gasteiger partial charge in [-0.2, -0.15) is 0 Å². The molecule has 0 bridgehead atoms. The van der Waals surface area contributed by atoms with Gasteiger partial charge >= 0.3 is 5.97 Å². The van der Waals surface area contributed by atoms with Crippen LogP contribution >= 0.6 is 0 Å². The molecule has 0 saturated heterocycles. The molecule has 2 N–H and O–H groups in total. The molecule has 1 aromatic carbocycles. The van der Waals surface area contributed by atoms with E-state index in [1.165, 1.54) is 24.3 Å². The second-order valence-electron chi connectivity index (χ2n) is 6.51. The molecule has 1 saturated carbocycles. The number of rotatable bonds is 6. The summed E-state index contributed by atoms with van der Waals surface area (Å²) in [5.74, 6) is -1.25. The average Bonchev–Trinajstić information content (AvgIpc) is 2.54. The molecule has 0 aliphatic heterocycles. The van der Waals surface area contributed by atoms with Crippen molar-refractivity contribution >= 4 is 11.9 Å². The fourth-order valence-electron chi connectivity index (χ4n) is 3.22. The van der Waals surface area contributed by atoms with E-state index < -0.39 is 18.4 Å². The number of carboxylic acids is 1. The first-order valence-electron chi connectivity index (χ1n) is 8.28. The lowest BCUT2D eigenvalue weighted by atomic mass is 9.80. The lowest BCUT2D eigenvalue weighted by Gasteiger charge is -2.28. The summed E-state index contributed by atoms with van der Waals surface area (Å²) in [5, 5.41) is 12.0. The molecule has 2 rings (SSSR count). The number of carbonyl (C=O) groups excluding carboxylic acids is 1. The normalized spacial score (nSPS) is 22.2. The van der Waals surface area contributed by atoms with Gasteiger partial charge in [0.1, 0.15) is 6.04 Å². The van der Waals surface area contributed by atoms with Gasteiger partial charge < -0.3 is 10.4 Å². The molecular formula is C18H23F2NO3. The number of carboxylic acid groups (broad SMARTS) is 1. The van der Waals surface area contributed by atoms with Crippen molar-refractivity contribution in [1.82, 2.24) is 5.32 Å². The topological polar surface area (TPSA) is 66.4 Å². The highest BCUT2D eigenvalue weighted by Crippen LogP contribution is 2.29. The van der Waals surface area contributed by atoms with E-state index >= 15 is 0 Å². The van der Waals surface area contributed by atoms with Crippen LogP contribution < -0.4 is 5.32 Å². The van der Waals surface area contributed by atoms with Gasteiger partial charge in [0.25, 0.3) is 6.43 Å². The Morgan fingerprint density at radius 1 is 1.21 bits per heavy atom. The number of carbonyl (C=O) groups is 2. The van der Waals surface area contributed by atoms with Crippen molar-refractivity contribution in [2.45, 2.75) is 51.5 Å². The monoisotopic (exact) mass is 339 g/mol. The Bertz CT molecular complexity index is 574. The summed E-state index contributed by atoms with van der Waals surface area (Å²) in [7, 11) is 0. The van der Waals surface area contributed by atoms with Crippen LogP contribution in [0.1, 0.15) is 50.2 Å². The summed E-state index contributed by atoms with van der Waals surface area (Å²) in [4.78, 5) is 23.8. The molecule has 0 aromatic heterocycles. The van der Waals surface area contributed by atoms with Crippen molar-refractivity contribution < 1.29 is 23.5 Å². The molecule has 1 aliphatic carbocycles. The van der Waals surface area contributed by atoms with Gasteiger partial charge in [-0.15, -0.1) is 0 Å². The molecule has 1 fully saturated rings. The van der Waals surface area contributed by atoms with Gasteiger partial charge in [-0.05, 0) is 24.3 Å². The van der Waals surface area contributed by atoms with Gasteiger partial charge in [0.05, 0.1) is 0 Å². The maximum absolute atomic E-state index is 12.6. The van der Waals surface area contributed by atoms with Gasteiger partial charge in [0, 0.05) is 17.9 Å². The highest BCUT2D eigenvalue weighted by atomic mass is 19.3. The van der Waals surface area contributed by atoms with Gasteiger partial charge in [0.2, 0.25) is 5.91 Å². The maximum Gasteiger partial charge on any atom is 0.326 e. The summed E-state index contributed by atoms with van der Waals surface area (Å²) in [6, 6.07) is 4.47. The lowest BCUT2D eigenvalue weighted by molar-refractivity contribution is -0.143. The van der Waals surface area contributed by atoms with E-state index in [2.05, 4.69) is 5.32 Å². The number of alkyl halides is 2. The fourth-order valence-corrected chi connectivity index (χ4v) is 3.22. The molecule has 6 heteroatoms. The minimum Gasteiger partial charge on any atom is -0.480 e. The van der Waals surface area contributed by atoms with Crippen LogP contribution in [0.3, 0.4) is 0 Å². The molecule has 1 amide bonds. The van der Waals surface area contributed by atoms with Crippen molar-refractivity contribution in [2.75, 3.05) is 0 Å². The Balaban J connectivity index is 2.01. The first kappa shape index (κ1) is 18.4. The predicted molar refractivity (Wildman–Crippen MR) is 85.8 cm³/mol. The van der Waals surface area contributed by atoms with E-state index in [-0.39, 0.29) is 29.7 Å². The molecule has 0 spiro atoms. The van der Waals surface area contributed by atoms with Crippen molar-refractivity contribution in [3.63, 3.8) is 0 Å². The van der Waals surface area contributed by atoms with Crippen molar-refractivity contribution in [1.29, 1.82) is 0 Å². The third-order valence-electron chi connectivity index (χ3n) is 4.73. The lowest BCUT2D eigenvalue weighted by Crippen LogP contribution is -2.46. The minimum atomic E-state index is -2.55. The quantitative estimate of drug-likeness (QED) is 0.833. The smallest absolute Gasteiger partial charge is 0.326 e. The van der Waals surface area contributed by atoms with Gasteiger partial charge in [-0.1, -0.05) is 44.0 Å². The van der Waals surface area contributed by atoms with Crippen LogP contribution in [0, 0.1) is 11.8 Å². The number of nitrogens with one attached hydrogen (secondary N) is 1. The Kier molecular flexibility index (Phi) is 6.29. The Morgan fingerprint density at radius 2 is 1.83 bits per heavy atom. The zero-order chi connectivity index (χ0) is 17.7. The number of aliphatic carboxylic acids is 1. The molecule has 24 heavy (non-hydrogen) atoms. The van der Waals surface area contributed by atoms with Gasteiger partial charge in [-0.25, -0.2) is 13.6 Å². The van der Waals surface area contributed by atoms with Crippen LogP contribution in [0.15, 0.2) is 24.3 Å². The van der Waals surface area contributed by atoms with Gasteiger partial charge in [0.15, 0.2) is 0 Å².